The van der Waals surface area contributed by atoms with Gasteiger partial charge in [-0.15, -0.1) is 0 Å². The Kier molecular flexibility index (Phi) is 7.63. The molecule has 0 saturated carbocycles. The lowest BCUT2D eigenvalue weighted by atomic mass is 9.86. The first kappa shape index (κ1) is 22.2. The summed E-state index contributed by atoms with van der Waals surface area (Å²) in [6.45, 7) is 18.8. The van der Waals surface area contributed by atoms with Crippen LogP contribution in [0.3, 0.4) is 0 Å². The van der Waals surface area contributed by atoms with E-state index >= 15 is 0 Å². The minimum absolute atomic E-state index is 0.120. The van der Waals surface area contributed by atoms with Crippen molar-refractivity contribution in [2.24, 2.45) is 0 Å². The van der Waals surface area contributed by atoms with E-state index in [2.05, 4.69) is 117 Å². The minimum atomic E-state index is -1.66. The van der Waals surface area contributed by atoms with E-state index in [1.807, 2.05) is 0 Å². The molecule has 1 rings (SSSR count). The van der Waals surface area contributed by atoms with Gasteiger partial charge >= 0.3 is 0 Å². The van der Waals surface area contributed by atoms with Crippen molar-refractivity contribution in [2.45, 2.75) is 71.5 Å². The second kappa shape index (κ2) is 8.24. The van der Waals surface area contributed by atoms with Gasteiger partial charge in [-0.25, -0.2) is 0 Å². The van der Waals surface area contributed by atoms with Crippen molar-refractivity contribution in [2.75, 3.05) is 6.61 Å². The molecule has 0 radical (unpaired) electrons. The Morgan fingerprint density at radius 1 is 1.12 bits per heavy atom. The van der Waals surface area contributed by atoms with Crippen molar-refractivity contribution in [3.8, 4) is 11.8 Å². The number of halogens is 2. The van der Waals surface area contributed by atoms with E-state index in [1.54, 1.807) is 0 Å². The minimum Gasteiger partial charge on any atom is -0.416 e. The molecule has 24 heavy (non-hydrogen) atoms. The molecule has 0 unspecified atom stereocenters. The number of benzene rings is 1. The second-order valence-electron chi connectivity index (χ2n) is 8.73. The monoisotopic (exact) mass is 520 g/mol. The summed E-state index contributed by atoms with van der Waals surface area (Å²) in [6, 6.07) is 4.42. The summed E-state index contributed by atoms with van der Waals surface area (Å²) < 4.78 is 8.49. The maximum atomic E-state index is 6.19. The number of rotatable bonds is 3. The Bertz CT molecular complexity index is 643. The molecule has 0 fully saturated rings. The lowest BCUT2D eigenvalue weighted by molar-refractivity contribution is 0.296. The summed E-state index contributed by atoms with van der Waals surface area (Å²) in [5, 5.41) is 0.252. The molecule has 4 heteroatoms. The molecule has 134 valence electrons. The van der Waals surface area contributed by atoms with Crippen molar-refractivity contribution < 1.29 is 4.43 Å². The van der Waals surface area contributed by atoms with E-state index in [0.29, 0.717) is 0 Å². The van der Waals surface area contributed by atoms with Gasteiger partial charge in [-0.05, 0) is 79.8 Å². The molecule has 0 N–H and O–H groups in total. The van der Waals surface area contributed by atoms with Gasteiger partial charge in [-0.3, -0.25) is 0 Å². The van der Waals surface area contributed by atoms with E-state index < -0.39 is 8.32 Å². The molecule has 1 aromatic rings. The summed E-state index contributed by atoms with van der Waals surface area (Å²) in [7, 11) is -1.66. The fourth-order valence-electron chi connectivity index (χ4n) is 1.84. The molecule has 1 nitrogen and oxygen atoms in total. The molecule has 0 saturated heterocycles. The third kappa shape index (κ3) is 6.16. The highest BCUT2D eigenvalue weighted by Crippen LogP contribution is 2.36. The van der Waals surface area contributed by atoms with E-state index in [1.165, 1.54) is 9.13 Å². The van der Waals surface area contributed by atoms with Gasteiger partial charge in [0.15, 0.2) is 8.32 Å². The van der Waals surface area contributed by atoms with Crippen molar-refractivity contribution >= 4 is 46.8 Å². The van der Waals surface area contributed by atoms with Gasteiger partial charge in [0.1, 0.15) is 0 Å². The first-order valence-corrected chi connectivity index (χ1v) is 13.2. The molecule has 0 aliphatic carbocycles. The average Bonchev–Trinajstić information content (AvgIpc) is 2.40. The molecule has 0 aliphatic rings. The van der Waals surface area contributed by atoms with Crippen LogP contribution in [0.2, 0.25) is 18.1 Å². The summed E-state index contributed by atoms with van der Waals surface area (Å²) in [6.07, 6.45) is 0.778. The predicted octanol–water partition coefficient (Wildman–Crippen LogP) is 7.11. The van der Waals surface area contributed by atoms with Gasteiger partial charge in [-0.2, -0.15) is 0 Å². The zero-order valence-electron chi connectivity index (χ0n) is 16.2. The Labute approximate surface area is 171 Å². The lowest BCUT2D eigenvalue weighted by Gasteiger charge is -2.35. The maximum Gasteiger partial charge on any atom is 0.192 e. The van der Waals surface area contributed by atoms with E-state index in [0.717, 1.165) is 23.1 Å². The molecule has 0 amide bonds. The highest BCUT2D eigenvalue weighted by Gasteiger charge is 2.36. The fraction of sp³-hybridized carbons (Fsp3) is 0.600. The van der Waals surface area contributed by atoms with E-state index in [-0.39, 0.29) is 10.5 Å². The number of hydrogen-bond acceptors (Lipinski definition) is 1. The van der Waals surface area contributed by atoms with Crippen LogP contribution in [0.4, 0.5) is 0 Å². The van der Waals surface area contributed by atoms with Crippen molar-refractivity contribution in [3.05, 3.63) is 31.3 Å². The van der Waals surface area contributed by atoms with Crippen LogP contribution in [0, 0.1) is 15.4 Å². The fourth-order valence-corrected chi connectivity index (χ4v) is 3.80. The van der Waals surface area contributed by atoms with Crippen LogP contribution in [0.5, 0.6) is 0 Å². The Morgan fingerprint density at radius 3 is 2.21 bits per heavy atom. The van der Waals surface area contributed by atoms with Gasteiger partial charge in [0.2, 0.25) is 0 Å². The van der Waals surface area contributed by atoms with Gasteiger partial charge in [0, 0.05) is 26.6 Å². The van der Waals surface area contributed by atoms with E-state index in [4.69, 9.17) is 4.43 Å². The van der Waals surface area contributed by atoms with Crippen LogP contribution in [0.15, 0.2) is 16.6 Å². The van der Waals surface area contributed by atoms with Crippen molar-refractivity contribution in [3.63, 3.8) is 0 Å². The lowest BCUT2D eigenvalue weighted by Crippen LogP contribution is -2.40. The van der Waals surface area contributed by atoms with Crippen LogP contribution >= 0.6 is 38.5 Å². The highest BCUT2D eigenvalue weighted by atomic mass is 127. The number of hydrogen-bond donors (Lipinski definition) is 0. The third-order valence-corrected chi connectivity index (χ3v) is 11.7. The van der Waals surface area contributed by atoms with Crippen molar-refractivity contribution in [1.82, 2.24) is 0 Å². The van der Waals surface area contributed by atoms with Crippen LogP contribution in [0.1, 0.15) is 59.1 Å². The second-order valence-corrected chi connectivity index (χ2v) is 15.5. The van der Waals surface area contributed by atoms with E-state index in [9.17, 15) is 0 Å². The molecule has 0 spiro atoms. The van der Waals surface area contributed by atoms with Gasteiger partial charge < -0.3 is 4.43 Å². The van der Waals surface area contributed by atoms with Crippen LogP contribution in [0.25, 0.3) is 0 Å². The van der Waals surface area contributed by atoms with Gasteiger partial charge in [0.25, 0.3) is 0 Å². The third-order valence-electron chi connectivity index (χ3n) is 4.61. The quantitative estimate of drug-likeness (QED) is 0.178. The summed E-state index contributed by atoms with van der Waals surface area (Å²) in [4.78, 5) is 0. The largest absolute Gasteiger partial charge is 0.416 e. The molecular formula is C20H30BrIOSi. The standard InChI is InChI=1S/C20H30BrIOSi/c1-19(2,3)16-13-15(18(22)17(21)14-16)11-9-10-12-23-24(7,8)20(4,5)6/h13-14H,10,12H2,1-8H3. The molecule has 0 aliphatic heterocycles. The summed E-state index contributed by atoms with van der Waals surface area (Å²) >= 11 is 6.03. The van der Waals surface area contributed by atoms with Crippen LogP contribution in [-0.2, 0) is 9.84 Å². The maximum absolute atomic E-state index is 6.19. The molecule has 0 aromatic heterocycles. The Morgan fingerprint density at radius 2 is 1.71 bits per heavy atom. The Hall–Kier alpha value is 0.167. The zero-order chi connectivity index (χ0) is 18.8. The molecule has 0 bridgehead atoms. The Balaban J connectivity index is 2.82. The van der Waals surface area contributed by atoms with Crippen LogP contribution in [-0.4, -0.2) is 14.9 Å². The SMILES string of the molecule is CC(C)(C)c1cc(Br)c(I)c(C#CCCO[Si](C)(C)C(C)(C)C)c1. The molecule has 0 atom stereocenters. The molecule has 0 heterocycles. The first-order valence-electron chi connectivity index (χ1n) is 8.38. The van der Waals surface area contributed by atoms with Crippen molar-refractivity contribution in [1.29, 1.82) is 0 Å². The topological polar surface area (TPSA) is 9.23 Å². The normalized spacial score (nSPS) is 12.8. The molecular weight excluding hydrogens is 491 g/mol. The zero-order valence-corrected chi connectivity index (χ0v) is 21.0. The molecule has 1 aromatic carbocycles. The van der Waals surface area contributed by atoms with Gasteiger partial charge in [0.05, 0.1) is 0 Å². The summed E-state index contributed by atoms with van der Waals surface area (Å²) in [5.74, 6) is 6.63. The highest BCUT2D eigenvalue weighted by molar-refractivity contribution is 14.1. The van der Waals surface area contributed by atoms with Gasteiger partial charge in [-0.1, -0.05) is 53.4 Å². The summed E-state index contributed by atoms with van der Waals surface area (Å²) in [5.41, 5.74) is 2.52. The average molecular weight is 521 g/mol. The van der Waals surface area contributed by atoms with Crippen LogP contribution < -0.4 is 0 Å². The predicted molar refractivity (Wildman–Crippen MR) is 120 cm³/mol. The smallest absolute Gasteiger partial charge is 0.192 e. The first-order chi connectivity index (χ1) is 10.8.